The van der Waals surface area contributed by atoms with Crippen molar-refractivity contribution in [2.24, 2.45) is 0 Å². The van der Waals surface area contributed by atoms with E-state index in [2.05, 4.69) is 5.32 Å². The third kappa shape index (κ3) is 2.54. The molecule has 1 amide bonds. The number of carbonyl (C=O) groups excluding carboxylic acids is 1. The van der Waals surface area contributed by atoms with E-state index < -0.39 is 11.2 Å². The van der Waals surface area contributed by atoms with Crippen LogP contribution in [0.3, 0.4) is 0 Å². The van der Waals surface area contributed by atoms with Crippen LogP contribution in [0.25, 0.3) is 0 Å². The third-order valence-electron chi connectivity index (χ3n) is 4.14. The zero-order valence-electron chi connectivity index (χ0n) is 11.4. The van der Waals surface area contributed by atoms with E-state index in [0.717, 1.165) is 24.8 Å². The van der Waals surface area contributed by atoms with Crippen LogP contribution in [0.4, 0.5) is 10.1 Å². The van der Waals surface area contributed by atoms with Crippen LogP contribution in [0.2, 0.25) is 5.02 Å². The van der Waals surface area contributed by atoms with Crippen LogP contribution in [0.1, 0.15) is 24.8 Å². The fourth-order valence-electron chi connectivity index (χ4n) is 2.77. The maximum atomic E-state index is 13.7. The van der Waals surface area contributed by atoms with Crippen LogP contribution in [0, 0.1) is 5.82 Å². The minimum Gasteiger partial charge on any atom is -0.323 e. The van der Waals surface area contributed by atoms with Crippen molar-refractivity contribution < 1.29 is 9.18 Å². The first-order valence-electron chi connectivity index (χ1n) is 6.94. The van der Waals surface area contributed by atoms with Crippen molar-refractivity contribution in [3.05, 3.63) is 64.9 Å². The van der Waals surface area contributed by atoms with Gasteiger partial charge in [-0.25, -0.2) is 4.39 Å². The van der Waals surface area contributed by atoms with Crippen LogP contribution in [0.15, 0.2) is 48.5 Å². The summed E-state index contributed by atoms with van der Waals surface area (Å²) in [5.74, 6) is -0.590. The number of nitrogens with one attached hydrogen (secondary N) is 1. The maximum Gasteiger partial charge on any atom is 0.235 e. The molecule has 0 heterocycles. The summed E-state index contributed by atoms with van der Waals surface area (Å²) in [6.45, 7) is 0. The monoisotopic (exact) mass is 303 g/mol. The smallest absolute Gasteiger partial charge is 0.235 e. The molecule has 1 saturated carbocycles. The first-order chi connectivity index (χ1) is 10.1. The molecule has 0 radical (unpaired) electrons. The highest BCUT2D eigenvalue weighted by molar-refractivity contribution is 6.30. The lowest BCUT2D eigenvalue weighted by molar-refractivity contribution is -0.124. The molecule has 3 rings (SSSR count). The topological polar surface area (TPSA) is 29.1 Å². The molecule has 0 aromatic heterocycles. The highest BCUT2D eigenvalue weighted by Crippen LogP contribution is 2.45. The first-order valence-corrected chi connectivity index (χ1v) is 7.32. The number of anilines is 1. The second-order valence-electron chi connectivity index (χ2n) is 5.38. The number of hydrogen-bond donors (Lipinski definition) is 1. The van der Waals surface area contributed by atoms with Gasteiger partial charge in [0, 0.05) is 5.02 Å². The molecule has 2 aromatic carbocycles. The van der Waals surface area contributed by atoms with E-state index >= 15 is 0 Å². The fourth-order valence-corrected chi connectivity index (χ4v) is 2.96. The van der Waals surface area contributed by atoms with Gasteiger partial charge in [0.05, 0.1) is 11.1 Å². The summed E-state index contributed by atoms with van der Waals surface area (Å²) >= 11 is 6.03. The fraction of sp³-hybridized carbons (Fsp3) is 0.235. The predicted molar refractivity (Wildman–Crippen MR) is 82.0 cm³/mol. The summed E-state index contributed by atoms with van der Waals surface area (Å²) < 4.78 is 13.7. The molecule has 1 aliphatic rings. The van der Waals surface area contributed by atoms with Gasteiger partial charge in [-0.2, -0.15) is 0 Å². The molecule has 1 N–H and O–H groups in total. The number of carbonyl (C=O) groups is 1. The minimum atomic E-state index is -0.590. The minimum absolute atomic E-state index is 0.166. The second kappa shape index (κ2) is 5.49. The Morgan fingerprint density at radius 1 is 1.14 bits per heavy atom. The van der Waals surface area contributed by atoms with E-state index in [1.807, 2.05) is 18.2 Å². The van der Waals surface area contributed by atoms with Gasteiger partial charge in [0.25, 0.3) is 0 Å². The van der Waals surface area contributed by atoms with Crippen molar-refractivity contribution in [2.75, 3.05) is 5.32 Å². The number of para-hydroxylation sites is 1. The van der Waals surface area contributed by atoms with E-state index in [1.54, 1.807) is 24.3 Å². The quantitative estimate of drug-likeness (QED) is 0.886. The lowest BCUT2D eigenvalue weighted by atomic mass is 9.64. The van der Waals surface area contributed by atoms with Crippen LogP contribution in [-0.4, -0.2) is 5.91 Å². The summed E-state index contributed by atoms with van der Waals surface area (Å²) in [6, 6.07) is 13.6. The molecular formula is C17H15ClFNO. The summed E-state index contributed by atoms with van der Waals surface area (Å²) in [7, 11) is 0. The normalized spacial score (nSPS) is 16.1. The molecular weight excluding hydrogens is 289 g/mol. The van der Waals surface area contributed by atoms with Crippen LogP contribution < -0.4 is 5.32 Å². The number of rotatable bonds is 3. The first kappa shape index (κ1) is 14.1. The van der Waals surface area contributed by atoms with E-state index in [4.69, 9.17) is 11.6 Å². The lowest BCUT2D eigenvalue weighted by Gasteiger charge is -2.40. The van der Waals surface area contributed by atoms with E-state index in [1.165, 1.54) is 6.07 Å². The summed E-state index contributed by atoms with van der Waals surface area (Å²) in [6.07, 6.45) is 2.50. The van der Waals surface area contributed by atoms with Gasteiger partial charge in [0.15, 0.2) is 0 Å². The van der Waals surface area contributed by atoms with Crippen molar-refractivity contribution in [3.63, 3.8) is 0 Å². The molecule has 0 bridgehead atoms. The summed E-state index contributed by atoms with van der Waals surface area (Å²) in [4.78, 5) is 12.7. The number of benzene rings is 2. The Bertz CT molecular complexity index is 682. The van der Waals surface area contributed by atoms with Gasteiger partial charge in [0.2, 0.25) is 5.91 Å². The standard InChI is InChI=1S/C17H15ClFNO/c18-13-6-3-5-12(11-13)17(9-4-10-17)16(21)20-15-8-2-1-7-14(15)19/h1-3,5-8,11H,4,9-10H2,(H,20,21). The average Bonchev–Trinajstić information content (AvgIpc) is 2.40. The molecule has 2 aromatic rings. The van der Waals surface area contributed by atoms with Gasteiger partial charge in [-0.1, -0.05) is 42.3 Å². The van der Waals surface area contributed by atoms with Crippen LogP contribution >= 0.6 is 11.6 Å². The van der Waals surface area contributed by atoms with Gasteiger partial charge in [-0.05, 0) is 42.7 Å². The molecule has 0 unspecified atom stereocenters. The van der Waals surface area contributed by atoms with Gasteiger partial charge >= 0.3 is 0 Å². The SMILES string of the molecule is O=C(Nc1ccccc1F)C1(c2cccc(Cl)c2)CCC1. The molecule has 2 nitrogen and oxygen atoms in total. The Kier molecular flexibility index (Phi) is 3.68. The average molecular weight is 304 g/mol. The molecule has 0 saturated heterocycles. The number of amides is 1. The largest absolute Gasteiger partial charge is 0.323 e. The van der Waals surface area contributed by atoms with E-state index in [-0.39, 0.29) is 11.6 Å². The number of hydrogen-bond acceptors (Lipinski definition) is 1. The molecule has 1 fully saturated rings. The predicted octanol–water partition coefficient (Wildman–Crippen LogP) is 4.54. The highest BCUT2D eigenvalue weighted by atomic mass is 35.5. The molecule has 21 heavy (non-hydrogen) atoms. The van der Waals surface area contributed by atoms with Gasteiger partial charge in [-0.15, -0.1) is 0 Å². The molecule has 0 spiro atoms. The summed E-state index contributed by atoms with van der Waals surface area (Å²) in [5.41, 5.74) is 0.526. The molecule has 1 aliphatic carbocycles. The van der Waals surface area contributed by atoms with Crippen molar-refractivity contribution >= 4 is 23.2 Å². The van der Waals surface area contributed by atoms with E-state index in [9.17, 15) is 9.18 Å². The molecule has 0 aliphatic heterocycles. The Morgan fingerprint density at radius 3 is 2.52 bits per heavy atom. The Balaban J connectivity index is 1.90. The van der Waals surface area contributed by atoms with Crippen molar-refractivity contribution in [2.45, 2.75) is 24.7 Å². The van der Waals surface area contributed by atoms with Crippen molar-refractivity contribution in [1.29, 1.82) is 0 Å². The van der Waals surface area contributed by atoms with Crippen molar-refractivity contribution in [1.82, 2.24) is 0 Å². The van der Waals surface area contributed by atoms with Gasteiger partial charge < -0.3 is 5.32 Å². The van der Waals surface area contributed by atoms with Crippen molar-refractivity contribution in [3.8, 4) is 0 Å². The Morgan fingerprint density at radius 2 is 1.90 bits per heavy atom. The molecule has 108 valence electrons. The Hall–Kier alpha value is -1.87. The van der Waals surface area contributed by atoms with Crippen LogP contribution in [-0.2, 0) is 10.2 Å². The maximum absolute atomic E-state index is 13.7. The second-order valence-corrected chi connectivity index (χ2v) is 5.82. The molecule has 0 atom stereocenters. The molecule has 4 heteroatoms. The summed E-state index contributed by atoms with van der Waals surface area (Å²) in [5, 5.41) is 3.32. The van der Waals surface area contributed by atoms with Crippen LogP contribution in [0.5, 0.6) is 0 Å². The van der Waals surface area contributed by atoms with E-state index in [0.29, 0.717) is 5.02 Å². The van der Waals surface area contributed by atoms with Gasteiger partial charge in [0.1, 0.15) is 5.82 Å². The third-order valence-corrected chi connectivity index (χ3v) is 4.38. The lowest BCUT2D eigenvalue weighted by Crippen LogP contribution is -2.46. The Labute approximate surface area is 127 Å². The highest BCUT2D eigenvalue weighted by Gasteiger charge is 2.45. The van der Waals surface area contributed by atoms with Gasteiger partial charge in [-0.3, -0.25) is 4.79 Å². The zero-order chi connectivity index (χ0) is 14.9. The zero-order valence-corrected chi connectivity index (χ0v) is 12.2. The number of halogens is 2.